The number of aromatic nitrogens is 1. The topological polar surface area (TPSA) is 68.0 Å². The normalized spacial score (nSPS) is 18.5. The summed E-state index contributed by atoms with van der Waals surface area (Å²) in [7, 11) is 0. The highest BCUT2D eigenvalue weighted by atomic mass is 32.1. The van der Waals surface area contributed by atoms with Gasteiger partial charge in [0.2, 0.25) is 5.91 Å². The van der Waals surface area contributed by atoms with Crippen LogP contribution in [-0.2, 0) is 17.6 Å². The van der Waals surface area contributed by atoms with Crippen molar-refractivity contribution < 1.29 is 4.79 Å². The smallest absolute Gasteiger partial charge is 0.230 e. The number of thiazole rings is 1. The number of aryl methyl sites for hydroxylation is 1. The van der Waals surface area contributed by atoms with Gasteiger partial charge in [-0.25, -0.2) is 4.98 Å². The first-order chi connectivity index (χ1) is 10.7. The number of hydrogen-bond donors (Lipinski definition) is 2. The zero-order valence-corrected chi connectivity index (χ0v) is 13.5. The number of carbonyl (C=O) groups is 1. The van der Waals surface area contributed by atoms with Gasteiger partial charge in [-0.15, -0.1) is 11.3 Å². The average Bonchev–Trinajstić information content (AvgIpc) is 2.96. The number of hydrogen-bond acceptors (Lipinski definition) is 4. The Hall–Kier alpha value is -1.72. The van der Waals surface area contributed by atoms with Crippen molar-refractivity contribution in [2.24, 2.45) is 11.7 Å². The Balaban J connectivity index is 1.72. The molecular formula is C17H21N3OS. The Morgan fingerprint density at radius 2 is 2.23 bits per heavy atom. The van der Waals surface area contributed by atoms with Crippen LogP contribution in [0.25, 0.3) is 0 Å². The first kappa shape index (κ1) is 15.2. The molecule has 1 heterocycles. The highest BCUT2D eigenvalue weighted by Crippen LogP contribution is 2.36. The summed E-state index contributed by atoms with van der Waals surface area (Å²) in [5, 5.41) is 3.60. The molecule has 1 aliphatic carbocycles. The van der Waals surface area contributed by atoms with Gasteiger partial charge in [-0.1, -0.05) is 37.3 Å². The molecule has 2 unspecified atom stereocenters. The minimum absolute atomic E-state index is 0.0480. The van der Waals surface area contributed by atoms with E-state index in [9.17, 15) is 4.79 Å². The second-order valence-corrected chi connectivity index (χ2v) is 6.95. The highest BCUT2D eigenvalue weighted by Gasteiger charge is 2.24. The molecule has 0 aliphatic heterocycles. The van der Waals surface area contributed by atoms with E-state index in [1.165, 1.54) is 10.4 Å². The minimum Gasteiger partial charge on any atom is -0.330 e. The molecule has 0 bridgehead atoms. The van der Waals surface area contributed by atoms with Crippen LogP contribution < -0.4 is 11.1 Å². The molecule has 1 aromatic carbocycles. The molecule has 3 N–H and O–H groups in total. The molecule has 0 saturated carbocycles. The molecule has 1 amide bonds. The maximum absolute atomic E-state index is 11.9. The third-order valence-corrected chi connectivity index (χ3v) is 5.28. The minimum atomic E-state index is -0.182. The molecular weight excluding hydrogens is 294 g/mol. The number of nitrogens with zero attached hydrogens (tertiary/aromatic N) is 1. The predicted molar refractivity (Wildman–Crippen MR) is 90.2 cm³/mol. The van der Waals surface area contributed by atoms with E-state index in [4.69, 9.17) is 5.73 Å². The lowest BCUT2D eigenvalue weighted by Gasteiger charge is -2.21. The number of nitrogens with two attached hydrogens (primary N) is 1. The SMILES string of the molecule is CC(CN)C(=O)Nc1nc2c(s1)CC(c1ccccc1)CC2. The lowest BCUT2D eigenvalue weighted by Crippen LogP contribution is -2.26. The van der Waals surface area contributed by atoms with Crippen molar-refractivity contribution in [1.29, 1.82) is 0 Å². The van der Waals surface area contributed by atoms with Crippen molar-refractivity contribution in [2.45, 2.75) is 32.1 Å². The summed E-state index contributed by atoms with van der Waals surface area (Å²) < 4.78 is 0. The first-order valence-electron chi connectivity index (χ1n) is 7.72. The largest absolute Gasteiger partial charge is 0.330 e. The Morgan fingerprint density at radius 1 is 1.45 bits per heavy atom. The summed E-state index contributed by atoms with van der Waals surface area (Å²) in [4.78, 5) is 17.8. The van der Waals surface area contributed by atoms with Crippen molar-refractivity contribution >= 4 is 22.4 Å². The van der Waals surface area contributed by atoms with Crippen LogP contribution in [-0.4, -0.2) is 17.4 Å². The predicted octanol–water partition coefficient (Wildman–Crippen LogP) is 2.95. The van der Waals surface area contributed by atoms with Crippen molar-refractivity contribution in [2.75, 3.05) is 11.9 Å². The van der Waals surface area contributed by atoms with Crippen LogP contribution in [0.1, 0.15) is 35.4 Å². The van der Waals surface area contributed by atoms with E-state index in [0.717, 1.165) is 25.0 Å². The molecule has 1 aromatic heterocycles. The fourth-order valence-electron chi connectivity index (χ4n) is 2.77. The monoisotopic (exact) mass is 315 g/mol. The molecule has 0 radical (unpaired) electrons. The number of carbonyl (C=O) groups excluding carboxylic acids is 1. The van der Waals surface area contributed by atoms with Crippen LogP contribution in [0.2, 0.25) is 0 Å². The zero-order chi connectivity index (χ0) is 15.5. The summed E-state index contributed by atoms with van der Waals surface area (Å²) in [6.45, 7) is 2.18. The van der Waals surface area contributed by atoms with Crippen molar-refractivity contribution in [3.8, 4) is 0 Å². The molecule has 0 fully saturated rings. The van der Waals surface area contributed by atoms with Gasteiger partial charge in [0.05, 0.1) is 5.69 Å². The fraction of sp³-hybridized carbons (Fsp3) is 0.412. The van der Waals surface area contributed by atoms with Crippen LogP contribution in [0.5, 0.6) is 0 Å². The summed E-state index contributed by atoms with van der Waals surface area (Å²) in [6.07, 6.45) is 3.11. The van der Waals surface area contributed by atoms with Crippen LogP contribution >= 0.6 is 11.3 Å². The van der Waals surface area contributed by atoms with Crippen molar-refractivity contribution in [3.63, 3.8) is 0 Å². The van der Waals surface area contributed by atoms with E-state index in [1.54, 1.807) is 11.3 Å². The third-order valence-electron chi connectivity index (χ3n) is 4.24. The van der Waals surface area contributed by atoms with E-state index in [2.05, 4.69) is 40.6 Å². The van der Waals surface area contributed by atoms with Crippen LogP contribution in [0, 0.1) is 5.92 Å². The molecule has 0 spiro atoms. The zero-order valence-electron chi connectivity index (χ0n) is 12.7. The van der Waals surface area contributed by atoms with Crippen molar-refractivity contribution in [3.05, 3.63) is 46.5 Å². The first-order valence-corrected chi connectivity index (χ1v) is 8.53. The van der Waals surface area contributed by atoms with E-state index in [1.807, 2.05) is 6.92 Å². The Bertz CT molecular complexity index is 653. The molecule has 2 aromatic rings. The van der Waals surface area contributed by atoms with Gasteiger partial charge in [0, 0.05) is 17.3 Å². The van der Waals surface area contributed by atoms with Gasteiger partial charge in [0.1, 0.15) is 0 Å². The molecule has 116 valence electrons. The maximum Gasteiger partial charge on any atom is 0.230 e. The quantitative estimate of drug-likeness (QED) is 0.911. The summed E-state index contributed by atoms with van der Waals surface area (Å²) in [6, 6.07) is 10.6. The number of fused-ring (bicyclic) bond motifs is 1. The van der Waals surface area contributed by atoms with Crippen LogP contribution in [0.3, 0.4) is 0 Å². The van der Waals surface area contributed by atoms with Gasteiger partial charge in [-0.2, -0.15) is 0 Å². The molecule has 4 nitrogen and oxygen atoms in total. The third kappa shape index (κ3) is 3.20. The van der Waals surface area contributed by atoms with Crippen molar-refractivity contribution in [1.82, 2.24) is 4.98 Å². The molecule has 0 saturated heterocycles. The Labute approximate surface area is 134 Å². The summed E-state index contributed by atoms with van der Waals surface area (Å²) in [5.74, 6) is 0.326. The van der Waals surface area contributed by atoms with E-state index in [0.29, 0.717) is 17.6 Å². The second-order valence-electron chi connectivity index (χ2n) is 5.87. The van der Waals surface area contributed by atoms with Gasteiger partial charge in [0.25, 0.3) is 0 Å². The highest BCUT2D eigenvalue weighted by molar-refractivity contribution is 7.15. The number of amides is 1. The average molecular weight is 315 g/mol. The lowest BCUT2D eigenvalue weighted by atomic mass is 9.85. The van der Waals surface area contributed by atoms with Crippen LogP contribution in [0.15, 0.2) is 30.3 Å². The maximum atomic E-state index is 11.9. The molecule has 5 heteroatoms. The van der Waals surface area contributed by atoms with E-state index >= 15 is 0 Å². The van der Waals surface area contributed by atoms with Gasteiger partial charge in [-0.3, -0.25) is 4.79 Å². The Kier molecular flexibility index (Phi) is 4.55. The molecule has 3 rings (SSSR count). The van der Waals surface area contributed by atoms with Gasteiger partial charge < -0.3 is 11.1 Å². The standard InChI is InChI=1S/C17H21N3OS/c1-11(10-18)16(21)20-17-19-14-8-7-13(9-15(14)22-17)12-5-3-2-4-6-12/h2-6,11,13H,7-10,18H2,1H3,(H,19,20,21). The van der Waals surface area contributed by atoms with Gasteiger partial charge in [0.15, 0.2) is 5.13 Å². The van der Waals surface area contributed by atoms with Gasteiger partial charge in [-0.05, 0) is 30.7 Å². The second kappa shape index (κ2) is 6.58. The van der Waals surface area contributed by atoms with E-state index in [-0.39, 0.29) is 11.8 Å². The number of rotatable bonds is 4. The molecule has 2 atom stereocenters. The molecule has 22 heavy (non-hydrogen) atoms. The number of anilines is 1. The molecule has 1 aliphatic rings. The lowest BCUT2D eigenvalue weighted by molar-refractivity contribution is -0.119. The number of nitrogens with one attached hydrogen (secondary N) is 1. The van der Waals surface area contributed by atoms with Crippen LogP contribution in [0.4, 0.5) is 5.13 Å². The van der Waals surface area contributed by atoms with E-state index < -0.39 is 0 Å². The Morgan fingerprint density at radius 3 is 2.95 bits per heavy atom. The number of benzene rings is 1. The summed E-state index contributed by atoms with van der Waals surface area (Å²) >= 11 is 1.61. The fourth-order valence-corrected chi connectivity index (χ4v) is 3.86. The summed E-state index contributed by atoms with van der Waals surface area (Å²) in [5.41, 5.74) is 8.07. The van der Waals surface area contributed by atoms with Gasteiger partial charge >= 0.3 is 0 Å².